The summed E-state index contributed by atoms with van der Waals surface area (Å²) in [5, 5.41) is 3.33. The van der Waals surface area contributed by atoms with Gasteiger partial charge in [-0.1, -0.05) is 19.1 Å². The van der Waals surface area contributed by atoms with Gasteiger partial charge in [0, 0.05) is 29.1 Å². The lowest BCUT2D eigenvalue weighted by atomic mass is 10.2. The van der Waals surface area contributed by atoms with Crippen LogP contribution in [-0.4, -0.2) is 11.1 Å². The summed E-state index contributed by atoms with van der Waals surface area (Å²) in [6.45, 7) is 5.05. The largest absolute Gasteiger partial charge is 0.350 e. The molecule has 3 heteroatoms. The Morgan fingerprint density at radius 2 is 1.88 bits per heavy atom. The molecule has 2 aromatic rings. The highest BCUT2D eigenvalue weighted by Crippen LogP contribution is 2.09. The summed E-state index contributed by atoms with van der Waals surface area (Å²) in [6.07, 6.45) is 4.35. The van der Waals surface area contributed by atoms with Crippen molar-refractivity contribution >= 4 is 22.6 Å². The van der Waals surface area contributed by atoms with E-state index in [4.69, 9.17) is 0 Å². The van der Waals surface area contributed by atoms with Crippen LogP contribution in [0.3, 0.4) is 0 Å². The van der Waals surface area contributed by atoms with Crippen LogP contribution in [-0.2, 0) is 13.1 Å². The second-order valence-corrected chi connectivity index (χ2v) is 5.34. The zero-order valence-electron chi connectivity index (χ0n) is 9.99. The molecule has 0 bridgehead atoms. The van der Waals surface area contributed by atoms with Crippen molar-refractivity contribution in [3.63, 3.8) is 0 Å². The number of nitrogens with zero attached hydrogens (tertiary/aromatic N) is 1. The van der Waals surface area contributed by atoms with Crippen molar-refractivity contribution in [1.29, 1.82) is 0 Å². The van der Waals surface area contributed by atoms with Crippen LogP contribution in [0.5, 0.6) is 0 Å². The molecule has 1 N–H and O–H groups in total. The van der Waals surface area contributed by atoms with Gasteiger partial charge in [0.05, 0.1) is 0 Å². The van der Waals surface area contributed by atoms with E-state index in [0.29, 0.717) is 0 Å². The smallest absolute Gasteiger partial charge is 0.0470 e. The van der Waals surface area contributed by atoms with Crippen LogP contribution in [0.4, 0.5) is 0 Å². The molecular weight excluding hydrogens is 323 g/mol. The SMILES string of the molecule is CCNCc1ccn(Cc2ccc(I)cc2)c1. The van der Waals surface area contributed by atoms with Gasteiger partial charge in [0.25, 0.3) is 0 Å². The fraction of sp³-hybridized carbons (Fsp3) is 0.286. The van der Waals surface area contributed by atoms with E-state index >= 15 is 0 Å². The van der Waals surface area contributed by atoms with E-state index in [2.05, 4.69) is 82.1 Å². The Hall–Kier alpha value is -0.810. The fourth-order valence-electron chi connectivity index (χ4n) is 1.76. The first-order chi connectivity index (χ1) is 8.28. The molecule has 0 aliphatic carbocycles. The molecule has 1 aromatic carbocycles. The Balaban J connectivity index is 1.98. The number of aromatic nitrogens is 1. The summed E-state index contributed by atoms with van der Waals surface area (Å²) in [5.41, 5.74) is 2.69. The highest BCUT2D eigenvalue weighted by Gasteiger charge is 1.98. The maximum Gasteiger partial charge on any atom is 0.0470 e. The predicted octanol–water partition coefficient (Wildman–Crippen LogP) is 3.25. The van der Waals surface area contributed by atoms with E-state index in [1.165, 1.54) is 14.7 Å². The van der Waals surface area contributed by atoms with Crippen LogP contribution in [0.25, 0.3) is 0 Å². The zero-order valence-corrected chi connectivity index (χ0v) is 12.1. The summed E-state index contributed by atoms with van der Waals surface area (Å²) < 4.78 is 3.51. The van der Waals surface area contributed by atoms with Crippen molar-refractivity contribution in [3.05, 3.63) is 57.4 Å². The molecule has 0 amide bonds. The second kappa shape index (κ2) is 6.21. The van der Waals surface area contributed by atoms with E-state index in [9.17, 15) is 0 Å². The molecule has 17 heavy (non-hydrogen) atoms. The standard InChI is InChI=1S/C14H17IN2/c1-2-16-9-13-7-8-17(11-13)10-12-3-5-14(15)6-4-12/h3-8,11,16H,2,9-10H2,1H3. The Morgan fingerprint density at radius 3 is 2.59 bits per heavy atom. The average Bonchev–Trinajstić information content (AvgIpc) is 2.77. The van der Waals surface area contributed by atoms with Gasteiger partial charge in [-0.25, -0.2) is 0 Å². The van der Waals surface area contributed by atoms with Crippen LogP contribution < -0.4 is 5.32 Å². The Morgan fingerprint density at radius 1 is 1.12 bits per heavy atom. The number of rotatable bonds is 5. The molecule has 2 nitrogen and oxygen atoms in total. The van der Waals surface area contributed by atoms with Crippen molar-refractivity contribution in [1.82, 2.24) is 9.88 Å². The van der Waals surface area contributed by atoms with E-state index in [1.54, 1.807) is 0 Å². The molecule has 0 spiro atoms. The van der Waals surface area contributed by atoms with Crippen molar-refractivity contribution in [2.45, 2.75) is 20.0 Å². The molecular formula is C14H17IN2. The van der Waals surface area contributed by atoms with Crippen LogP contribution in [0, 0.1) is 3.57 Å². The van der Waals surface area contributed by atoms with Crippen LogP contribution >= 0.6 is 22.6 Å². The van der Waals surface area contributed by atoms with Crippen molar-refractivity contribution in [2.24, 2.45) is 0 Å². The lowest BCUT2D eigenvalue weighted by Crippen LogP contribution is -2.11. The van der Waals surface area contributed by atoms with Crippen LogP contribution in [0.2, 0.25) is 0 Å². The van der Waals surface area contributed by atoms with Gasteiger partial charge in [-0.15, -0.1) is 0 Å². The maximum atomic E-state index is 3.33. The fourth-order valence-corrected chi connectivity index (χ4v) is 2.12. The second-order valence-electron chi connectivity index (χ2n) is 4.10. The first-order valence-electron chi connectivity index (χ1n) is 5.87. The Labute approximate surface area is 116 Å². The number of nitrogens with one attached hydrogen (secondary N) is 1. The van der Waals surface area contributed by atoms with E-state index in [-0.39, 0.29) is 0 Å². The summed E-state index contributed by atoms with van der Waals surface area (Å²) in [5.74, 6) is 0. The predicted molar refractivity (Wildman–Crippen MR) is 80.1 cm³/mol. The topological polar surface area (TPSA) is 17.0 Å². The molecule has 0 aliphatic heterocycles. The van der Waals surface area contributed by atoms with Gasteiger partial charge < -0.3 is 9.88 Å². The minimum atomic E-state index is 0.947. The Kier molecular flexibility index (Phi) is 4.62. The number of hydrogen-bond donors (Lipinski definition) is 1. The van der Waals surface area contributed by atoms with Gasteiger partial charge in [-0.2, -0.15) is 0 Å². The van der Waals surface area contributed by atoms with Crippen molar-refractivity contribution < 1.29 is 0 Å². The number of benzene rings is 1. The number of hydrogen-bond acceptors (Lipinski definition) is 1. The van der Waals surface area contributed by atoms with Crippen LogP contribution in [0.1, 0.15) is 18.1 Å². The third-order valence-corrected chi connectivity index (χ3v) is 3.39. The highest BCUT2D eigenvalue weighted by atomic mass is 127. The lowest BCUT2D eigenvalue weighted by molar-refractivity contribution is 0.721. The lowest BCUT2D eigenvalue weighted by Gasteiger charge is -2.03. The summed E-state index contributed by atoms with van der Waals surface area (Å²) in [6, 6.07) is 10.9. The van der Waals surface area contributed by atoms with Gasteiger partial charge in [0.2, 0.25) is 0 Å². The van der Waals surface area contributed by atoms with Gasteiger partial charge in [-0.05, 0) is 58.5 Å². The molecule has 2 rings (SSSR count). The summed E-state index contributed by atoms with van der Waals surface area (Å²) in [4.78, 5) is 0. The molecule has 0 fully saturated rings. The minimum Gasteiger partial charge on any atom is -0.350 e. The highest BCUT2D eigenvalue weighted by molar-refractivity contribution is 14.1. The number of halogens is 1. The van der Waals surface area contributed by atoms with E-state index in [1.807, 2.05) is 0 Å². The summed E-state index contributed by atoms with van der Waals surface area (Å²) >= 11 is 2.33. The third-order valence-electron chi connectivity index (χ3n) is 2.67. The molecule has 0 radical (unpaired) electrons. The van der Waals surface area contributed by atoms with Gasteiger partial charge >= 0.3 is 0 Å². The molecule has 0 atom stereocenters. The maximum absolute atomic E-state index is 3.33. The van der Waals surface area contributed by atoms with E-state index in [0.717, 1.165) is 19.6 Å². The normalized spacial score (nSPS) is 10.7. The minimum absolute atomic E-state index is 0.947. The molecule has 90 valence electrons. The quantitative estimate of drug-likeness (QED) is 0.827. The Bertz CT molecular complexity index is 459. The first kappa shape index (κ1) is 12.6. The molecule has 0 unspecified atom stereocenters. The zero-order chi connectivity index (χ0) is 12.1. The average molecular weight is 340 g/mol. The molecule has 1 heterocycles. The molecule has 0 aliphatic rings. The third kappa shape index (κ3) is 3.85. The van der Waals surface area contributed by atoms with Crippen molar-refractivity contribution in [3.8, 4) is 0 Å². The monoisotopic (exact) mass is 340 g/mol. The van der Waals surface area contributed by atoms with E-state index < -0.39 is 0 Å². The van der Waals surface area contributed by atoms with Crippen LogP contribution in [0.15, 0.2) is 42.7 Å². The molecule has 0 saturated heterocycles. The molecule has 1 aromatic heterocycles. The van der Waals surface area contributed by atoms with Crippen molar-refractivity contribution in [2.75, 3.05) is 6.54 Å². The molecule has 0 saturated carbocycles. The van der Waals surface area contributed by atoms with Gasteiger partial charge in [0.1, 0.15) is 0 Å². The van der Waals surface area contributed by atoms with Gasteiger partial charge in [-0.3, -0.25) is 0 Å². The van der Waals surface area contributed by atoms with Gasteiger partial charge in [0.15, 0.2) is 0 Å². The summed E-state index contributed by atoms with van der Waals surface area (Å²) in [7, 11) is 0. The first-order valence-corrected chi connectivity index (χ1v) is 6.95.